The van der Waals surface area contributed by atoms with Gasteiger partial charge in [0.2, 0.25) is 0 Å². The normalized spacial score (nSPS) is 25.5. The summed E-state index contributed by atoms with van der Waals surface area (Å²) >= 11 is 7.29. The van der Waals surface area contributed by atoms with E-state index < -0.39 is 0 Å². The molecule has 2 nitrogen and oxygen atoms in total. The van der Waals surface area contributed by atoms with Gasteiger partial charge in [0.15, 0.2) is 5.11 Å². The first-order chi connectivity index (χ1) is 7.61. The second-order valence-corrected chi connectivity index (χ2v) is 6.50. The summed E-state index contributed by atoms with van der Waals surface area (Å²) in [5.74, 6) is 0.645. The lowest BCUT2D eigenvalue weighted by molar-refractivity contribution is 0.419. The van der Waals surface area contributed by atoms with Crippen molar-refractivity contribution in [3.63, 3.8) is 0 Å². The summed E-state index contributed by atoms with van der Waals surface area (Å²) in [6.07, 6.45) is 7.38. The van der Waals surface area contributed by atoms with Gasteiger partial charge in [0, 0.05) is 17.8 Å². The van der Waals surface area contributed by atoms with Crippen molar-refractivity contribution in [2.45, 2.75) is 50.8 Å². The molecule has 0 aromatic rings. The van der Waals surface area contributed by atoms with Gasteiger partial charge in [0.1, 0.15) is 0 Å². The summed E-state index contributed by atoms with van der Waals surface area (Å²) in [4.78, 5) is 0. The minimum absolute atomic E-state index is 0.593. The van der Waals surface area contributed by atoms with Gasteiger partial charge in [-0.15, -0.1) is 0 Å². The van der Waals surface area contributed by atoms with E-state index in [9.17, 15) is 0 Å². The summed E-state index contributed by atoms with van der Waals surface area (Å²) in [5.41, 5.74) is 0. The molecule has 0 atom stereocenters. The molecule has 1 aliphatic carbocycles. The Morgan fingerprint density at radius 3 is 2.44 bits per heavy atom. The molecule has 0 bridgehead atoms. The Kier molecular flexibility index (Phi) is 6.51. The highest BCUT2D eigenvalue weighted by Crippen LogP contribution is 2.26. The first-order valence-corrected chi connectivity index (χ1v) is 7.88. The number of hydrogen-bond acceptors (Lipinski definition) is 2. The Balaban J connectivity index is 2.15. The van der Waals surface area contributed by atoms with Crippen molar-refractivity contribution < 1.29 is 0 Å². The predicted molar refractivity (Wildman–Crippen MR) is 78.1 cm³/mol. The summed E-state index contributed by atoms with van der Waals surface area (Å²) in [7, 11) is 0. The SMILES string of the molecule is CSC1CCC(NC(=S)NCC(C)C)CC1. The molecule has 16 heavy (non-hydrogen) atoms. The van der Waals surface area contributed by atoms with Crippen molar-refractivity contribution in [3.8, 4) is 0 Å². The van der Waals surface area contributed by atoms with Crippen molar-refractivity contribution in [1.82, 2.24) is 10.6 Å². The topological polar surface area (TPSA) is 24.1 Å². The van der Waals surface area contributed by atoms with Crippen LogP contribution in [-0.4, -0.2) is 29.2 Å². The zero-order valence-electron chi connectivity index (χ0n) is 10.6. The molecule has 0 aromatic heterocycles. The number of thioether (sulfide) groups is 1. The Labute approximate surface area is 109 Å². The molecule has 1 saturated carbocycles. The predicted octanol–water partition coefficient (Wildman–Crippen LogP) is 2.78. The van der Waals surface area contributed by atoms with Gasteiger partial charge >= 0.3 is 0 Å². The zero-order valence-corrected chi connectivity index (χ0v) is 12.2. The summed E-state index contributed by atoms with van der Waals surface area (Å²) in [5, 5.41) is 8.40. The quantitative estimate of drug-likeness (QED) is 0.759. The maximum absolute atomic E-state index is 5.28. The van der Waals surface area contributed by atoms with Gasteiger partial charge < -0.3 is 10.6 Å². The lowest BCUT2D eigenvalue weighted by Crippen LogP contribution is -2.44. The lowest BCUT2D eigenvalue weighted by Gasteiger charge is -2.29. The number of thiocarbonyl (C=S) groups is 1. The Morgan fingerprint density at radius 2 is 1.94 bits per heavy atom. The van der Waals surface area contributed by atoms with Crippen LogP contribution in [0.2, 0.25) is 0 Å². The second kappa shape index (κ2) is 7.38. The molecule has 94 valence electrons. The number of hydrogen-bond donors (Lipinski definition) is 2. The maximum atomic E-state index is 5.28. The minimum Gasteiger partial charge on any atom is -0.362 e. The van der Waals surface area contributed by atoms with E-state index in [1.165, 1.54) is 25.7 Å². The van der Waals surface area contributed by atoms with Gasteiger partial charge in [0.05, 0.1) is 0 Å². The molecule has 1 aliphatic rings. The molecular formula is C12H24N2S2. The smallest absolute Gasteiger partial charge is 0.166 e. The zero-order chi connectivity index (χ0) is 12.0. The van der Waals surface area contributed by atoms with Crippen LogP contribution in [0.1, 0.15) is 39.5 Å². The first-order valence-electron chi connectivity index (χ1n) is 6.19. The summed E-state index contributed by atoms with van der Waals surface area (Å²) in [6, 6.07) is 0.593. The molecule has 0 aromatic carbocycles. The molecule has 0 heterocycles. The molecule has 1 fully saturated rings. The Bertz CT molecular complexity index is 211. The minimum atomic E-state index is 0.593. The second-order valence-electron chi connectivity index (χ2n) is 4.96. The third-order valence-electron chi connectivity index (χ3n) is 3.01. The third-order valence-corrected chi connectivity index (χ3v) is 4.41. The average molecular weight is 260 g/mol. The van der Waals surface area contributed by atoms with Crippen molar-refractivity contribution in [1.29, 1.82) is 0 Å². The van der Waals surface area contributed by atoms with Crippen molar-refractivity contribution in [3.05, 3.63) is 0 Å². The van der Waals surface area contributed by atoms with E-state index in [0.717, 1.165) is 16.9 Å². The number of nitrogens with one attached hydrogen (secondary N) is 2. The van der Waals surface area contributed by atoms with Gasteiger partial charge in [-0.05, 0) is 50.1 Å². The van der Waals surface area contributed by atoms with Crippen LogP contribution in [0.25, 0.3) is 0 Å². The molecule has 0 aliphatic heterocycles. The van der Waals surface area contributed by atoms with E-state index >= 15 is 0 Å². The molecular weight excluding hydrogens is 236 g/mol. The molecule has 4 heteroatoms. The van der Waals surface area contributed by atoms with Crippen LogP contribution in [0, 0.1) is 5.92 Å². The summed E-state index contributed by atoms with van der Waals surface area (Å²) < 4.78 is 0. The van der Waals surface area contributed by atoms with Gasteiger partial charge in [0.25, 0.3) is 0 Å². The molecule has 1 rings (SSSR count). The monoisotopic (exact) mass is 260 g/mol. The van der Waals surface area contributed by atoms with E-state index in [1.807, 2.05) is 11.8 Å². The first kappa shape index (κ1) is 14.1. The van der Waals surface area contributed by atoms with Crippen LogP contribution < -0.4 is 10.6 Å². The highest BCUT2D eigenvalue weighted by atomic mass is 32.2. The van der Waals surface area contributed by atoms with Crippen molar-refractivity contribution in [2.24, 2.45) is 5.92 Å². The van der Waals surface area contributed by atoms with Gasteiger partial charge in [-0.2, -0.15) is 11.8 Å². The fraction of sp³-hybridized carbons (Fsp3) is 0.917. The standard InChI is InChI=1S/C12H24N2S2/c1-9(2)8-13-12(15)14-10-4-6-11(16-3)7-5-10/h9-11H,4-8H2,1-3H3,(H2,13,14,15). The van der Waals surface area contributed by atoms with Gasteiger partial charge in [-0.25, -0.2) is 0 Å². The molecule has 0 saturated heterocycles. The Hall–Kier alpha value is 0.0400. The number of rotatable bonds is 4. The van der Waals surface area contributed by atoms with Crippen LogP contribution in [-0.2, 0) is 0 Å². The van der Waals surface area contributed by atoms with Crippen LogP contribution in [0.15, 0.2) is 0 Å². The molecule has 0 unspecified atom stereocenters. The largest absolute Gasteiger partial charge is 0.362 e. The molecule has 0 amide bonds. The van der Waals surface area contributed by atoms with Crippen LogP contribution in [0.4, 0.5) is 0 Å². The van der Waals surface area contributed by atoms with Crippen LogP contribution in [0.5, 0.6) is 0 Å². The van der Waals surface area contributed by atoms with E-state index in [2.05, 4.69) is 30.7 Å². The Morgan fingerprint density at radius 1 is 1.31 bits per heavy atom. The maximum Gasteiger partial charge on any atom is 0.166 e. The van der Waals surface area contributed by atoms with Crippen LogP contribution >= 0.6 is 24.0 Å². The van der Waals surface area contributed by atoms with E-state index in [1.54, 1.807) is 0 Å². The lowest BCUT2D eigenvalue weighted by atomic mass is 9.95. The fourth-order valence-corrected chi connectivity index (χ4v) is 2.97. The fourth-order valence-electron chi connectivity index (χ4n) is 1.98. The van der Waals surface area contributed by atoms with Gasteiger partial charge in [-0.3, -0.25) is 0 Å². The highest BCUT2D eigenvalue weighted by molar-refractivity contribution is 7.99. The van der Waals surface area contributed by atoms with Crippen molar-refractivity contribution in [2.75, 3.05) is 12.8 Å². The third kappa shape index (κ3) is 5.39. The van der Waals surface area contributed by atoms with E-state index in [4.69, 9.17) is 12.2 Å². The molecule has 0 radical (unpaired) electrons. The summed E-state index contributed by atoms with van der Waals surface area (Å²) in [6.45, 7) is 5.35. The molecule has 0 spiro atoms. The van der Waals surface area contributed by atoms with Gasteiger partial charge in [-0.1, -0.05) is 13.8 Å². The highest BCUT2D eigenvalue weighted by Gasteiger charge is 2.20. The average Bonchev–Trinajstić information content (AvgIpc) is 2.27. The molecule has 2 N–H and O–H groups in total. The van der Waals surface area contributed by atoms with Crippen molar-refractivity contribution >= 4 is 29.1 Å². The van der Waals surface area contributed by atoms with E-state index in [-0.39, 0.29) is 0 Å². The van der Waals surface area contributed by atoms with E-state index in [0.29, 0.717) is 12.0 Å². The van der Waals surface area contributed by atoms with Crippen LogP contribution in [0.3, 0.4) is 0 Å².